The molecule has 7 nitrogen and oxygen atoms in total. The van der Waals surface area contributed by atoms with Crippen LogP contribution in [0.25, 0.3) is 0 Å². The maximum absolute atomic E-state index is 13.4. The lowest BCUT2D eigenvalue weighted by atomic mass is 10.1. The van der Waals surface area contributed by atoms with Crippen LogP contribution in [0.2, 0.25) is 10.0 Å². The number of amides is 2. The number of halogens is 3. The Morgan fingerprint density at radius 3 is 2.06 bits per heavy atom. The lowest BCUT2D eigenvalue weighted by Crippen LogP contribution is -2.54. The molecule has 0 bridgehead atoms. The van der Waals surface area contributed by atoms with Gasteiger partial charge < -0.3 is 10.2 Å². The summed E-state index contributed by atoms with van der Waals surface area (Å²) in [6, 6.07) is 8.73. The molecule has 1 atom stereocenters. The van der Waals surface area contributed by atoms with Gasteiger partial charge in [0.1, 0.15) is 18.4 Å². The fourth-order valence-electron chi connectivity index (χ4n) is 3.14. The fraction of sp³-hybridized carbons (Fsp3) is 0.391. The van der Waals surface area contributed by atoms with Crippen LogP contribution in [0.15, 0.2) is 42.5 Å². The number of benzene rings is 2. The molecule has 0 saturated heterocycles. The highest BCUT2D eigenvalue weighted by Crippen LogP contribution is 2.27. The third-order valence-corrected chi connectivity index (χ3v) is 6.32. The zero-order chi connectivity index (χ0) is 25.8. The molecule has 2 amide bonds. The number of nitrogens with zero attached hydrogens (tertiary/aromatic N) is 2. The van der Waals surface area contributed by atoms with Crippen LogP contribution in [-0.2, 0) is 26.2 Å². The van der Waals surface area contributed by atoms with Crippen LogP contribution in [0, 0.1) is 5.82 Å². The van der Waals surface area contributed by atoms with E-state index in [9.17, 15) is 22.4 Å². The van der Waals surface area contributed by atoms with Crippen molar-refractivity contribution in [1.29, 1.82) is 0 Å². The predicted molar refractivity (Wildman–Crippen MR) is 133 cm³/mol. The normalized spacial score (nSPS) is 12.7. The molecule has 1 unspecified atom stereocenters. The monoisotopic (exact) mass is 531 g/mol. The summed E-state index contributed by atoms with van der Waals surface area (Å²) < 4.78 is 39.3. The summed E-state index contributed by atoms with van der Waals surface area (Å²) in [5.74, 6) is -1.50. The maximum atomic E-state index is 13.4. The van der Waals surface area contributed by atoms with Gasteiger partial charge >= 0.3 is 0 Å². The van der Waals surface area contributed by atoms with E-state index in [1.54, 1.807) is 27.7 Å². The average Bonchev–Trinajstić information content (AvgIpc) is 2.68. The van der Waals surface area contributed by atoms with E-state index in [0.29, 0.717) is 5.56 Å². The van der Waals surface area contributed by atoms with Crippen molar-refractivity contribution in [3.8, 4) is 0 Å². The molecule has 0 spiro atoms. The van der Waals surface area contributed by atoms with Crippen LogP contribution < -0.4 is 9.62 Å². The lowest BCUT2D eigenvalue weighted by Gasteiger charge is -2.33. The number of carbonyl (C=O) groups excluding carboxylic acids is 2. The number of hydrogen-bond acceptors (Lipinski definition) is 4. The van der Waals surface area contributed by atoms with Gasteiger partial charge in [-0.25, -0.2) is 12.8 Å². The molecule has 1 N–H and O–H groups in total. The van der Waals surface area contributed by atoms with Gasteiger partial charge in [0, 0.05) is 22.1 Å². The van der Waals surface area contributed by atoms with Crippen LogP contribution in [0.1, 0.15) is 33.3 Å². The Labute approximate surface area is 209 Å². The highest BCUT2D eigenvalue weighted by Gasteiger charge is 2.31. The van der Waals surface area contributed by atoms with E-state index in [4.69, 9.17) is 23.2 Å². The Morgan fingerprint density at radius 1 is 1.06 bits per heavy atom. The predicted octanol–water partition coefficient (Wildman–Crippen LogP) is 4.23. The second-order valence-electron chi connectivity index (χ2n) is 8.96. The maximum Gasteiger partial charge on any atom is 0.244 e. The molecule has 0 aliphatic rings. The molecule has 0 aromatic heterocycles. The van der Waals surface area contributed by atoms with E-state index in [-0.39, 0.29) is 22.3 Å². The SMILES string of the molecule is CC(C(=O)NC(C)(C)C)N(Cc1ccc(F)cc1)C(=O)CN(c1cc(Cl)cc(Cl)c1)S(C)(=O)=O. The number of rotatable bonds is 8. The van der Waals surface area contributed by atoms with Gasteiger partial charge in [-0.1, -0.05) is 35.3 Å². The number of sulfonamides is 1. The number of hydrogen-bond donors (Lipinski definition) is 1. The molecule has 2 aromatic rings. The molecule has 0 aliphatic carbocycles. The minimum Gasteiger partial charge on any atom is -0.350 e. The molecule has 0 aliphatic heterocycles. The molecular formula is C23H28Cl2FN3O4S. The summed E-state index contributed by atoms with van der Waals surface area (Å²) in [5, 5.41) is 3.22. The highest BCUT2D eigenvalue weighted by molar-refractivity contribution is 7.92. The van der Waals surface area contributed by atoms with Crippen molar-refractivity contribution in [2.45, 2.75) is 45.8 Å². The standard InChI is InChI=1S/C23H28Cl2FN3O4S/c1-15(22(31)27-23(2,3)4)28(13-16-6-8-19(26)9-7-16)21(30)14-29(34(5,32)33)20-11-17(24)10-18(25)12-20/h6-12,15H,13-14H2,1-5H3,(H,27,31). The van der Waals surface area contributed by atoms with Crippen LogP contribution in [0.3, 0.4) is 0 Å². The minimum atomic E-state index is -3.91. The number of carbonyl (C=O) groups is 2. The van der Waals surface area contributed by atoms with E-state index in [1.807, 2.05) is 0 Å². The van der Waals surface area contributed by atoms with Crippen LogP contribution in [0.5, 0.6) is 0 Å². The zero-order valence-electron chi connectivity index (χ0n) is 19.6. The quantitative estimate of drug-likeness (QED) is 0.552. The molecule has 0 heterocycles. The second kappa shape index (κ2) is 10.9. The first kappa shape index (κ1) is 27.9. The molecule has 2 rings (SSSR count). The van der Waals surface area contributed by atoms with Gasteiger partial charge in [0.15, 0.2) is 0 Å². The van der Waals surface area contributed by atoms with Gasteiger partial charge in [0.2, 0.25) is 21.8 Å². The third-order valence-electron chi connectivity index (χ3n) is 4.75. The van der Waals surface area contributed by atoms with Crippen molar-refractivity contribution < 1.29 is 22.4 Å². The first-order valence-electron chi connectivity index (χ1n) is 10.4. The average molecular weight is 532 g/mol. The molecule has 186 valence electrons. The van der Waals surface area contributed by atoms with Gasteiger partial charge in [0.25, 0.3) is 0 Å². The Hall–Kier alpha value is -2.36. The second-order valence-corrected chi connectivity index (χ2v) is 11.7. The molecule has 0 fully saturated rings. The Balaban J connectivity index is 2.43. The van der Waals surface area contributed by atoms with Crippen molar-refractivity contribution in [1.82, 2.24) is 10.2 Å². The summed E-state index contributed by atoms with van der Waals surface area (Å²) in [5.41, 5.74) is 0.135. The van der Waals surface area contributed by atoms with Crippen molar-refractivity contribution >= 4 is 50.7 Å². The first-order valence-corrected chi connectivity index (χ1v) is 13.0. The van der Waals surface area contributed by atoms with E-state index < -0.39 is 45.8 Å². The Bertz CT molecular complexity index is 1130. The summed E-state index contributed by atoms with van der Waals surface area (Å²) in [6.45, 7) is 6.33. The fourth-order valence-corrected chi connectivity index (χ4v) is 4.49. The van der Waals surface area contributed by atoms with Gasteiger partial charge in [-0.3, -0.25) is 13.9 Å². The smallest absolute Gasteiger partial charge is 0.244 e. The Morgan fingerprint density at radius 2 is 1.59 bits per heavy atom. The minimum absolute atomic E-state index is 0.0360. The van der Waals surface area contributed by atoms with Crippen LogP contribution in [-0.4, -0.2) is 49.5 Å². The first-order chi connectivity index (χ1) is 15.6. The topological polar surface area (TPSA) is 86.8 Å². The largest absolute Gasteiger partial charge is 0.350 e. The molecule has 0 saturated carbocycles. The van der Waals surface area contributed by atoms with Crippen LogP contribution in [0.4, 0.5) is 10.1 Å². The molecule has 2 aromatic carbocycles. The van der Waals surface area contributed by atoms with Gasteiger partial charge in [-0.15, -0.1) is 0 Å². The van der Waals surface area contributed by atoms with Gasteiger partial charge in [0.05, 0.1) is 11.9 Å². The summed E-state index contributed by atoms with van der Waals surface area (Å²) in [4.78, 5) is 27.5. The van der Waals surface area contributed by atoms with E-state index in [1.165, 1.54) is 47.4 Å². The van der Waals surface area contributed by atoms with Gasteiger partial charge in [-0.2, -0.15) is 0 Å². The lowest BCUT2D eigenvalue weighted by molar-refractivity contribution is -0.140. The molecular weight excluding hydrogens is 504 g/mol. The highest BCUT2D eigenvalue weighted by atomic mass is 35.5. The van der Waals surface area contributed by atoms with Crippen molar-refractivity contribution in [2.24, 2.45) is 0 Å². The number of nitrogens with one attached hydrogen (secondary N) is 1. The van der Waals surface area contributed by atoms with E-state index in [2.05, 4.69) is 5.32 Å². The van der Waals surface area contributed by atoms with Crippen molar-refractivity contribution in [2.75, 3.05) is 17.1 Å². The van der Waals surface area contributed by atoms with E-state index in [0.717, 1.165) is 10.6 Å². The Kier molecular flexibility index (Phi) is 8.96. The number of anilines is 1. The summed E-state index contributed by atoms with van der Waals surface area (Å²) in [6.07, 6.45) is 0.954. The van der Waals surface area contributed by atoms with Crippen molar-refractivity contribution in [3.63, 3.8) is 0 Å². The summed E-state index contributed by atoms with van der Waals surface area (Å²) in [7, 11) is -3.91. The van der Waals surface area contributed by atoms with Crippen LogP contribution >= 0.6 is 23.2 Å². The molecule has 11 heteroatoms. The third kappa shape index (κ3) is 8.14. The van der Waals surface area contributed by atoms with Crippen molar-refractivity contribution in [3.05, 3.63) is 63.9 Å². The zero-order valence-corrected chi connectivity index (χ0v) is 21.9. The summed E-state index contributed by atoms with van der Waals surface area (Å²) >= 11 is 12.1. The van der Waals surface area contributed by atoms with E-state index >= 15 is 0 Å². The molecule has 34 heavy (non-hydrogen) atoms. The van der Waals surface area contributed by atoms with Gasteiger partial charge in [-0.05, 0) is 63.6 Å². The molecule has 0 radical (unpaired) electrons.